The molecule has 3 aromatic rings. The first kappa shape index (κ1) is 18.6. The van der Waals surface area contributed by atoms with Gasteiger partial charge in [0.05, 0.1) is 18.1 Å². The lowest BCUT2D eigenvalue weighted by atomic mass is 10.3. The van der Waals surface area contributed by atoms with E-state index >= 15 is 0 Å². The van der Waals surface area contributed by atoms with Crippen molar-refractivity contribution in [2.24, 2.45) is 0 Å². The molecule has 0 bridgehead atoms. The van der Waals surface area contributed by atoms with Crippen molar-refractivity contribution < 1.29 is 17.9 Å². The molecule has 142 valence electrons. The van der Waals surface area contributed by atoms with E-state index in [-0.39, 0.29) is 5.88 Å². The molecule has 3 heterocycles. The van der Waals surface area contributed by atoms with E-state index < -0.39 is 12.8 Å². The van der Waals surface area contributed by atoms with Crippen molar-refractivity contribution in [1.82, 2.24) is 24.7 Å². The molecule has 3 rings (SSSR count). The molecule has 0 radical (unpaired) electrons. The second-order valence-electron chi connectivity index (χ2n) is 5.86. The number of hydrogen-bond donors (Lipinski definition) is 1. The number of hydrogen-bond acceptors (Lipinski definition) is 6. The van der Waals surface area contributed by atoms with Gasteiger partial charge in [-0.2, -0.15) is 18.3 Å². The van der Waals surface area contributed by atoms with E-state index in [0.29, 0.717) is 18.2 Å². The average molecular weight is 378 g/mol. The standard InChI is InChI=1S/C17H17F3N6O/c1-11-5-12(2)26(25-11)15-9-21-8-14(24-15)22-6-13-3-4-16(23-7-13)27-10-17(18,19)20/h3-5,7-9H,6,10H2,1-2H3,(H,22,24). The number of nitrogens with one attached hydrogen (secondary N) is 1. The predicted molar refractivity (Wildman–Crippen MR) is 91.7 cm³/mol. The number of halogens is 3. The Hall–Kier alpha value is -3.17. The SMILES string of the molecule is Cc1cc(C)n(-c2cncc(NCc3ccc(OCC(F)(F)F)nc3)n2)n1. The van der Waals surface area contributed by atoms with Gasteiger partial charge in [0, 0.05) is 24.5 Å². The highest BCUT2D eigenvalue weighted by atomic mass is 19.4. The van der Waals surface area contributed by atoms with Crippen LogP contribution in [-0.4, -0.2) is 37.5 Å². The number of aryl methyl sites for hydroxylation is 2. The van der Waals surface area contributed by atoms with Crippen molar-refractivity contribution in [3.05, 3.63) is 53.7 Å². The van der Waals surface area contributed by atoms with Gasteiger partial charge in [-0.05, 0) is 25.5 Å². The van der Waals surface area contributed by atoms with Crippen LogP contribution >= 0.6 is 0 Å². The van der Waals surface area contributed by atoms with E-state index in [4.69, 9.17) is 0 Å². The Labute approximate surface area is 153 Å². The van der Waals surface area contributed by atoms with Gasteiger partial charge < -0.3 is 10.1 Å². The fourth-order valence-corrected chi connectivity index (χ4v) is 2.35. The van der Waals surface area contributed by atoms with Crippen LogP contribution < -0.4 is 10.1 Å². The molecular formula is C17H17F3N6O. The third kappa shape index (κ3) is 5.16. The zero-order valence-electron chi connectivity index (χ0n) is 14.7. The van der Waals surface area contributed by atoms with Crippen LogP contribution in [0.5, 0.6) is 5.88 Å². The van der Waals surface area contributed by atoms with Crippen molar-refractivity contribution >= 4 is 5.82 Å². The van der Waals surface area contributed by atoms with Gasteiger partial charge in [-0.3, -0.25) is 4.98 Å². The number of ether oxygens (including phenoxy) is 1. The van der Waals surface area contributed by atoms with Crippen molar-refractivity contribution in [1.29, 1.82) is 0 Å². The third-order valence-corrected chi connectivity index (χ3v) is 3.50. The minimum atomic E-state index is -4.39. The molecule has 0 aliphatic carbocycles. The molecule has 7 nitrogen and oxygen atoms in total. The fraction of sp³-hybridized carbons (Fsp3) is 0.294. The molecule has 0 aliphatic heterocycles. The Balaban J connectivity index is 1.62. The monoisotopic (exact) mass is 378 g/mol. The van der Waals surface area contributed by atoms with Crippen LogP contribution in [0.1, 0.15) is 17.0 Å². The van der Waals surface area contributed by atoms with Gasteiger partial charge in [0.2, 0.25) is 5.88 Å². The number of alkyl halides is 3. The molecule has 0 amide bonds. The second-order valence-corrected chi connectivity index (χ2v) is 5.86. The first-order valence-electron chi connectivity index (χ1n) is 8.04. The molecule has 27 heavy (non-hydrogen) atoms. The molecular weight excluding hydrogens is 361 g/mol. The molecule has 0 unspecified atom stereocenters. The van der Waals surface area contributed by atoms with Gasteiger partial charge in [0.15, 0.2) is 12.4 Å². The fourth-order valence-electron chi connectivity index (χ4n) is 2.35. The summed E-state index contributed by atoms with van der Waals surface area (Å²) in [7, 11) is 0. The number of rotatable bonds is 6. The van der Waals surface area contributed by atoms with Crippen molar-refractivity contribution in [3.8, 4) is 11.7 Å². The smallest absolute Gasteiger partial charge is 0.422 e. The summed E-state index contributed by atoms with van der Waals surface area (Å²) in [5.74, 6) is 1.04. The molecule has 10 heteroatoms. The van der Waals surface area contributed by atoms with Crippen LogP contribution in [0, 0.1) is 13.8 Å². The minimum Gasteiger partial charge on any atom is -0.468 e. The largest absolute Gasteiger partial charge is 0.468 e. The molecule has 0 aliphatic rings. The molecule has 1 N–H and O–H groups in total. The summed E-state index contributed by atoms with van der Waals surface area (Å²) in [5, 5.41) is 7.46. The molecule has 0 aromatic carbocycles. The highest BCUT2D eigenvalue weighted by molar-refractivity contribution is 5.37. The molecule has 0 spiro atoms. The number of aromatic nitrogens is 5. The Kier molecular flexibility index (Phi) is 5.24. The van der Waals surface area contributed by atoms with E-state index in [1.165, 1.54) is 12.3 Å². The van der Waals surface area contributed by atoms with Gasteiger partial charge in [-0.15, -0.1) is 0 Å². The van der Waals surface area contributed by atoms with Crippen LogP contribution in [0.4, 0.5) is 19.0 Å². The maximum Gasteiger partial charge on any atom is 0.422 e. The van der Waals surface area contributed by atoms with E-state index in [1.807, 2.05) is 19.9 Å². The number of anilines is 1. The lowest BCUT2D eigenvalue weighted by Crippen LogP contribution is -2.19. The average Bonchev–Trinajstić information content (AvgIpc) is 2.97. The Morgan fingerprint density at radius 1 is 1.15 bits per heavy atom. The van der Waals surface area contributed by atoms with E-state index in [2.05, 4.69) is 30.1 Å². The predicted octanol–water partition coefficient (Wildman–Crippen LogP) is 3.23. The van der Waals surface area contributed by atoms with Gasteiger partial charge in [0.1, 0.15) is 5.82 Å². The molecule has 0 saturated carbocycles. The van der Waals surface area contributed by atoms with Crippen molar-refractivity contribution in [2.75, 3.05) is 11.9 Å². The molecule has 3 aromatic heterocycles. The Morgan fingerprint density at radius 3 is 2.59 bits per heavy atom. The van der Waals surface area contributed by atoms with Crippen molar-refractivity contribution in [2.45, 2.75) is 26.6 Å². The van der Waals surface area contributed by atoms with Crippen LogP contribution in [0.15, 0.2) is 36.8 Å². The normalized spacial score (nSPS) is 11.4. The summed E-state index contributed by atoms with van der Waals surface area (Å²) < 4.78 is 42.7. The summed E-state index contributed by atoms with van der Waals surface area (Å²) in [5.41, 5.74) is 2.58. The van der Waals surface area contributed by atoms with Crippen molar-refractivity contribution in [3.63, 3.8) is 0 Å². The quantitative estimate of drug-likeness (QED) is 0.710. The minimum absolute atomic E-state index is 0.0811. The zero-order valence-corrected chi connectivity index (χ0v) is 14.7. The number of pyridine rings is 1. The highest BCUT2D eigenvalue weighted by Crippen LogP contribution is 2.17. The maximum atomic E-state index is 12.1. The van der Waals surface area contributed by atoms with Gasteiger partial charge in [0.25, 0.3) is 0 Å². The lowest BCUT2D eigenvalue weighted by Gasteiger charge is -2.10. The zero-order chi connectivity index (χ0) is 19.4. The van der Waals surface area contributed by atoms with Gasteiger partial charge in [-0.1, -0.05) is 6.07 Å². The second kappa shape index (κ2) is 7.60. The molecule has 0 saturated heterocycles. The lowest BCUT2D eigenvalue weighted by molar-refractivity contribution is -0.154. The summed E-state index contributed by atoms with van der Waals surface area (Å²) in [4.78, 5) is 12.5. The number of nitrogens with zero attached hydrogens (tertiary/aromatic N) is 5. The highest BCUT2D eigenvalue weighted by Gasteiger charge is 2.28. The molecule has 0 atom stereocenters. The van der Waals surface area contributed by atoms with Crippen LogP contribution in [0.3, 0.4) is 0 Å². The topological polar surface area (TPSA) is 77.8 Å². The van der Waals surface area contributed by atoms with Gasteiger partial charge in [-0.25, -0.2) is 14.6 Å². The summed E-state index contributed by atoms with van der Waals surface area (Å²) in [6, 6.07) is 4.96. The van der Waals surface area contributed by atoms with Crippen LogP contribution in [0.25, 0.3) is 5.82 Å². The maximum absolute atomic E-state index is 12.1. The summed E-state index contributed by atoms with van der Waals surface area (Å²) >= 11 is 0. The summed E-state index contributed by atoms with van der Waals surface area (Å²) in [6.07, 6.45) is 0.233. The van der Waals surface area contributed by atoms with Gasteiger partial charge >= 0.3 is 6.18 Å². The Bertz CT molecular complexity index is 908. The van der Waals surface area contributed by atoms with E-state index in [1.54, 1.807) is 23.1 Å². The first-order chi connectivity index (χ1) is 12.8. The van der Waals surface area contributed by atoms with E-state index in [0.717, 1.165) is 17.0 Å². The molecule has 0 fully saturated rings. The Morgan fingerprint density at radius 2 is 1.96 bits per heavy atom. The van der Waals surface area contributed by atoms with Crippen LogP contribution in [-0.2, 0) is 6.54 Å². The first-order valence-corrected chi connectivity index (χ1v) is 8.04. The van der Waals surface area contributed by atoms with Crippen LogP contribution in [0.2, 0.25) is 0 Å². The third-order valence-electron chi connectivity index (χ3n) is 3.50. The van der Waals surface area contributed by atoms with E-state index in [9.17, 15) is 13.2 Å². The summed E-state index contributed by atoms with van der Waals surface area (Å²) in [6.45, 7) is 2.83.